The zero-order chi connectivity index (χ0) is 11.2. The van der Waals surface area contributed by atoms with Crippen LogP contribution < -0.4 is 4.74 Å². The summed E-state index contributed by atoms with van der Waals surface area (Å²) in [7, 11) is 0. The minimum absolute atomic E-state index is 0.279. The number of halogens is 1. The van der Waals surface area contributed by atoms with Gasteiger partial charge >= 0.3 is 0 Å². The molecule has 1 aromatic heterocycles. The fourth-order valence-corrected chi connectivity index (χ4v) is 1.39. The van der Waals surface area contributed by atoms with E-state index in [0.29, 0.717) is 12.4 Å². The van der Waals surface area contributed by atoms with Crippen molar-refractivity contribution in [1.82, 2.24) is 4.98 Å². The van der Waals surface area contributed by atoms with E-state index in [9.17, 15) is 4.39 Å². The molecule has 0 aliphatic carbocycles. The van der Waals surface area contributed by atoms with Crippen molar-refractivity contribution in [1.29, 1.82) is 0 Å². The summed E-state index contributed by atoms with van der Waals surface area (Å²) in [6.07, 6.45) is 4.30. The van der Waals surface area contributed by atoms with Crippen molar-refractivity contribution in [3.63, 3.8) is 0 Å². The summed E-state index contributed by atoms with van der Waals surface area (Å²) in [5.74, 6) is 0.280. The van der Waals surface area contributed by atoms with Gasteiger partial charge in [0.05, 0.1) is 6.61 Å². The first kappa shape index (κ1) is 10.6. The highest BCUT2D eigenvalue weighted by Crippen LogP contribution is 2.12. The Labute approximate surface area is 93.7 Å². The summed E-state index contributed by atoms with van der Waals surface area (Å²) in [6, 6.07) is 10.0. The number of benzene rings is 1. The molecule has 2 nitrogen and oxygen atoms in total. The van der Waals surface area contributed by atoms with Crippen LogP contribution in [0.5, 0.6) is 5.75 Å². The molecule has 82 valence electrons. The summed E-state index contributed by atoms with van der Waals surface area (Å²) in [6.45, 7) is 0.523. The van der Waals surface area contributed by atoms with E-state index < -0.39 is 0 Å². The molecule has 2 rings (SSSR count). The van der Waals surface area contributed by atoms with Gasteiger partial charge in [0, 0.05) is 24.9 Å². The lowest BCUT2D eigenvalue weighted by molar-refractivity contribution is 0.320. The van der Waals surface area contributed by atoms with E-state index in [1.165, 1.54) is 12.1 Å². The van der Waals surface area contributed by atoms with Crippen LogP contribution in [0.4, 0.5) is 4.39 Å². The lowest BCUT2D eigenvalue weighted by Gasteiger charge is -2.05. The van der Waals surface area contributed by atoms with Gasteiger partial charge in [-0.1, -0.05) is 12.1 Å². The number of hydrogen-bond donors (Lipinski definition) is 0. The molecule has 0 unspecified atom stereocenters. The highest BCUT2D eigenvalue weighted by Gasteiger charge is 1.96. The molecule has 0 radical (unpaired) electrons. The van der Waals surface area contributed by atoms with E-state index >= 15 is 0 Å². The Morgan fingerprint density at radius 2 is 2.12 bits per heavy atom. The van der Waals surface area contributed by atoms with Crippen molar-refractivity contribution >= 4 is 0 Å². The van der Waals surface area contributed by atoms with Crippen LogP contribution in [-0.4, -0.2) is 11.6 Å². The van der Waals surface area contributed by atoms with Crippen LogP contribution >= 0.6 is 0 Å². The number of ether oxygens (including phenoxy) is 1. The first-order valence-electron chi connectivity index (χ1n) is 5.12. The second kappa shape index (κ2) is 5.26. The molecule has 0 saturated heterocycles. The van der Waals surface area contributed by atoms with E-state index in [-0.39, 0.29) is 5.82 Å². The van der Waals surface area contributed by atoms with Gasteiger partial charge in [0.25, 0.3) is 0 Å². The Bertz CT molecular complexity index is 445. The topological polar surface area (TPSA) is 22.1 Å². The molecule has 0 amide bonds. The van der Waals surface area contributed by atoms with Gasteiger partial charge in [0.15, 0.2) is 0 Å². The maximum Gasteiger partial charge on any atom is 0.126 e. The van der Waals surface area contributed by atoms with Crippen LogP contribution in [0, 0.1) is 5.82 Å². The number of rotatable bonds is 4. The smallest absolute Gasteiger partial charge is 0.126 e. The van der Waals surface area contributed by atoms with Gasteiger partial charge in [0.2, 0.25) is 0 Å². The van der Waals surface area contributed by atoms with Crippen LogP contribution in [0.25, 0.3) is 0 Å². The molecule has 16 heavy (non-hydrogen) atoms. The highest BCUT2D eigenvalue weighted by atomic mass is 19.1. The Balaban J connectivity index is 1.85. The molecule has 0 bridgehead atoms. The van der Waals surface area contributed by atoms with Gasteiger partial charge in [-0.2, -0.15) is 0 Å². The van der Waals surface area contributed by atoms with Gasteiger partial charge in [-0.3, -0.25) is 4.98 Å². The predicted octanol–water partition coefficient (Wildman–Crippen LogP) is 2.84. The van der Waals surface area contributed by atoms with Crippen molar-refractivity contribution in [2.24, 2.45) is 0 Å². The van der Waals surface area contributed by atoms with Gasteiger partial charge in [-0.05, 0) is 23.8 Å². The molecule has 1 aromatic carbocycles. The Kier molecular flexibility index (Phi) is 3.49. The summed E-state index contributed by atoms with van der Waals surface area (Å²) in [5, 5.41) is 0. The molecule has 0 aliphatic rings. The third kappa shape index (κ3) is 3.05. The number of hydrogen-bond acceptors (Lipinski definition) is 2. The third-order valence-corrected chi connectivity index (χ3v) is 2.18. The van der Waals surface area contributed by atoms with Crippen molar-refractivity contribution in [3.05, 3.63) is 60.2 Å². The minimum atomic E-state index is -0.279. The van der Waals surface area contributed by atoms with Gasteiger partial charge in [0.1, 0.15) is 11.6 Å². The SMILES string of the molecule is Fc1cccc(OCCc2cccnc2)c1. The maximum atomic E-state index is 12.8. The Morgan fingerprint density at radius 1 is 1.19 bits per heavy atom. The van der Waals surface area contributed by atoms with Crippen molar-refractivity contribution in [2.75, 3.05) is 6.61 Å². The van der Waals surface area contributed by atoms with Crippen LogP contribution in [0.2, 0.25) is 0 Å². The molecule has 1 heterocycles. The molecule has 0 aliphatic heterocycles. The third-order valence-electron chi connectivity index (χ3n) is 2.18. The standard InChI is InChI=1S/C13H12FNO/c14-12-4-1-5-13(9-12)16-8-6-11-3-2-7-15-10-11/h1-5,7,9-10H,6,8H2. The van der Waals surface area contributed by atoms with E-state index in [2.05, 4.69) is 4.98 Å². The van der Waals surface area contributed by atoms with Crippen LogP contribution in [0.1, 0.15) is 5.56 Å². The zero-order valence-electron chi connectivity index (χ0n) is 8.77. The Hall–Kier alpha value is -1.90. The van der Waals surface area contributed by atoms with Gasteiger partial charge in [-0.15, -0.1) is 0 Å². The first-order valence-corrected chi connectivity index (χ1v) is 5.12. The number of nitrogens with zero attached hydrogens (tertiary/aromatic N) is 1. The minimum Gasteiger partial charge on any atom is -0.493 e. The highest BCUT2D eigenvalue weighted by molar-refractivity contribution is 5.22. The first-order chi connectivity index (χ1) is 7.84. The van der Waals surface area contributed by atoms with E-state index in [1.54, 1.807) is 24.5 Å². The number of pyridine rings is 1. The van der Waals surface area contributed by atoms with Crippen molar-refractivity contribution in [3.8, 4) is 5.75 Å². The normalized spacial score (nSPS) is 10.1. The monoisotopic (exact) mass is 217 g/mol. The average molecular weight is 217 g/mol. The van der Waals surface area contributed by atoms with Gasteiger partial charge < -0.3 is 4.74 Å². The Morgan fingerprint density at radius 3 is 2.88 bits per heavy atom. The van der Waals surface area contributed by atoms with Crippen LogP contribution in [0.3, 0.4) is 0 Å². The molecule has 0 spiro atoms. The fourth-order valence-electron chi connectivity index (χ4n) is 1.39. The summed E-state index contributed by atoms with van der Waals surface area (Å²) < 4.78 is 18.3. The van der Waals surface area contributed by atoms with Crippen LogP contribution in [-0.2, 0) is 6.42 Å². The second-order valence-electron chi connectivity index (χ2n) is 3.42. The molecule has 0 fully saturated rings. The molecular weight excluding hydrogens is 205 g/mol. The van der Waals surface area contributed by atoms with Crippen molar-refractivity contribution < 1.29 is 9.13 Å². The predicted molar refractivity (Wildman–Crippen MR) is 59.8 cm³/mol. The van der Waals surface area contributed by atoms with E-state index in [1.807, 2.05) is 12.1 Å². The lowest BCUT2D eigenvalue weighted by Crippen LogP contribution is -2.01. The molecular formula is C13H12FNO. The van der Waals surface area contributed by atoms with E-state index in [0.717, 1.165) is 12.0 Å². The fraction of sp³-hybridized carbons (Fsp3) is 0.154. The largest absolute Gasteiger partial charge is 0.493 e. The van der Waals surface area contributed by atoms with Crippen LogP contribution in [0.15, 0.2) is 48.8 Å². The second-order valence-corrected chi connectivity index (χ2v) is 3.42. The zero-order valence-corrected chi connectivity index (χ0v) is 8.77. The van der Waals surface area contributed by atoms with E-state index in [4.69, 9.17) is 4.74 Å². The van der Waals surface area contributed by atoms with Gasteiger partial charge in [-0.25, -0.2) is 4.39 Å². The molecule has 2 aromatic rings. The molecule has 0 atom stereocenters. The summed E-state index contributed by atoms with van der Waals surface area (Å²) >= 11 is 0. The average Bonchev–Trinajstić information content (AvgIpc) is 2.30. The van der Waals surface area contributed by atoms with Crippen molar-refractivity contribution in [2.45, 2.75) is 6.42 Å². The lowest BCUT2D eigenvalue weighted by atomic mass is 10.2. The molecule has 0 saturated carbocycles. The molecule has 0 N–H and O–H groups in total. The maximum absolute atomic E-state index is 12.8. The summed E-state index contributed by atoms with van der Waals surface area (Å²) in [5.41, 5.74) is 1.11. The summed E-state index contributed by atoms with van der Waals surface area (Å²) in [4.78, 5) is 4.01. The molecule has 3 heteroatoms. The number of aromatic nitrogens is 1. The quantitative estimate of drug-likeness (QED) is 0.785.